The summed E-state index contributed by atoms with van der Waals surface area (Å²) in [6.45, 7) is 4.53. The third-order valence-electron chi connectivity index (χ3n) is 2.06. The maximum atomic E-state index is 9.36. The van der Waals surface area contributed by atoms with Gasteiger partial charge in [-0.25, -0.2) is 9.97 Å². The molecule has 1 atom stereocenters. The largest absolute Gasteiger partial charge is 0.393 e. The van der Waals surface area contributed by atoms with Crippen LogP contribution in [0.4, 0.5) is 5.82 Å². The van der Waals surface area contributed by atoms with Gasteiger partial charge in [0, 0.05) is 12.6 Å². The summed E-state index contributed by atoms with van der Waals surface area (Å²) in [5.41, 5.74) is 0. The Bertz CT molecular complexity index is 299. The standard InChI is InChI=1S/C10H16BrN3O/c1-3-8(15)4-5-12-10-6-9(11)13-7(2)14-10/h6,8,15H,3-5H2,1-2H3,(H,12,13,14). The molecular weight excluding hydrogens is 258 g/mol. The first-order valence-electron chi connectivity index (χ1n) is 5.05. The third-order valence-corrected chi connectivity index (χ3v) is 2.47. The number of aliphatic hydroxyl groups is 1. The molecule has 0 aliphatic carbocycles. The van der Waals surface area contributed by atoms with Crippen LogP contribution in [0.25, 0.3) is 0 Å². The average molecular weight is 274 g/mol. The highest BCUT2D eigenvalue weighted by molar-refractivity contribution is 9.10. The second-order valence-corrected chi connectivity index (χ2v) is 4.21. The van der Waals surface area contributed by atoms with Gasteiger partial charge >= 0.3 is 0 Å². The van der Waals surface area contributed by atoms with E-state index in [2.05, 4.69) is 31.2 Å². The van der Waals surface area contributed by atoms with Gasteiger partial charge in [-0.05, 0) is 35.7 Å². The second kappa shape index (κ2) is 6.02. The number of nitrogens with zero attached hydrogens (tertiary/aromatic N) is 2. The van der Waals surface area contributed by atoms with Gasteiger partial charge in [-0.3, -0.25) is 0 Å². The quantitative estimate of drug-likeness (QED) is 0.807. The molecule has 0 radical (unpaired) electrons. The molecule has 0 spiro atoms. The summed E-state index contributed by atoms with van der Waals surface area (Å²) >= 11 is 3.31. The predicted octanol–water partition coefficient (Wildman–Crippen LogP) is 2.12. The van der Waals surface area contributed by atoms with E-state index in [4.69, 9.17) is 0 Å². The Hall–Kier alpha value is -0.680. The van der Waals surface area contributed by atoms with E-state index in [9.17, 15) is 5.11 Å². The lowest BCUT2D eigenvalue weighted by molar-refractivity contribution is 0.164. The molecule has 0 saturated carbocycles. The molecule has 4 nitrogen and oxygen atoms in total. The fourth-order valence-corrected chi connectivity index (χ4v) is 1.67. The van der Waals surface area contributed by atoms with Gasteiger partial charge < -0.3 is 10.4 Å². The van der Waals surface area contributed by atoms with Crippen LogP contribution < -0.4 is 5.32 Å². The molecule has 1 heterocycles. The number of aromatic nitrogens is 2. The fraction of sp³-hybridized carbons (Fsp3) is 0.600. The molecule has 5 heteroatoms. The molecule has 0 fully saturated rings. The molecule has 0 aliphatic heterocycles. The normalized spacial score (nSPS) is 12.5. The van der Waals surface area contributed by atoms with Crippen molar-refractivity contribution in [2.24, 2.45) is 0 Å². The number of rotatable bonds is 5. The van der Waals surface area contributed by atoms with Crippen molar-refractivity contribution >= 4 is 21.7 Å². The molecule has 0 bridgehead atoms. The van der Waals surface area contributed by atoms with Gasteiger partial charge in [0.25, 0.3) is 0 Å². The molecule has 0 aromatic carbocycles. The van der Waals surface area contributed by atoms with Crippen LogP contribution in [-0.4, -0.2) is 27.7 Å². The molecule has 1 unspecified atom stereocenters. The first-order chi connectivity index (χ1) is 7.11. The summed E-state index contributed by atoms with van der Waals surface area (Å²) in [6.07, 6.45) is 1.29. The van der Waals surface area contributed by atoms with Crippen LogP contribution in [0.15, 0.2) is 10.7 Å². The Morgan fingerprint density at radius 1 is 1.53 bits per heavy atom. The summed E-state index contributed by atoms with van der Waals surface area (Å²) in [6, 6.07) is 1.82. The zero-order valence-electron chi connectivity index (χ0n) is 9.00. The monoisotopic (exact) mass is 273 g/mol. The molecule has 1 rings (SSSR count). The van der Waals surface area contributed by atoms with Crippen LogP contribution >= 0.6 is 15.9 Å². The average Bonchev–Trinajstić information content (AvgIpc) is 2.16. The van der Waals surface area contributed by atoms with Gasteiger partial charge in [-0.15, -0.1) is 0 Å². The molecule has 0 saturated heterocycles. The number of hydrogen-bond acceptors (Lipinski definition) is 4. The topological polar surface area (TPSA) is 58.0 Å². The lowest BCUT2D eigenvalue weighted by Gasteiger charge is -2.09. The Balaban J connectivity index is 2.43. The third kappa shape index (κ3) is 4.57. The summed E-state index contributed by atoms with van der Waals surface area (Å²) < 4.78 is 0.772. The smallest absolute Gasteiger partial charge is 0.130 e. The Kier molecular flexibility index (Phi) is 4.98. The zero-order valence-corrected chi connectivity index (χ0v) is 10.6. The van der Waals surface area contributed by atoms with Gasteiger partial charge in [0.2, 0.25) is 0 Å². The van der Waals surface area contributed by atoms with E-state index in [-0.39, 0.29) is 6.10 Å². The minimum atomic E-state index is -0.233. The number of hydrogen-bond donors (Lipinski definition) is 2. The number of nitrogens with one attached hydrogen (secondary N) is 1. The summed E-state index contributed by atoms with van der Waals surface area (Å²) in [5, 5.41) is 12.5. The van der Waals surface area contributed by atoms with Crippen LogP contribution in [0, 0.1) is 6.92 Å². The lowest BCUT2D eigenvalue weighted by Crippen LogP contribution is -2.13. The van der Waals surface area contributed by atoms with E-state index in [1.54, 1.807) is 0 Å². The molecule has 0 aliphatic rings. The molecule has 2 N–H and O–H groups in total. The Morgan fingerprint density at radius 2 is 2.27 bits per heavy atom. The van der Waals surface area contributed by atoms with E-state index in [0.717, 1.165) is 35.6 Å². The SMILES string of the molecule is CCC(O)CCNc1cc(Br)nc(C)n1. The van der Waals surface area contributed by atoms with Crippen molar-refractivity contribution in [2.45, 2.75) is 32.8 Å². The van der Waals surface area contributed by atoms with Gasteiger partial charge in [-0.1, -0.05) is 6.92 Å². The van der Waals surface area contributed by atoms with Crippen LogP contribution in [0.3, 0.4) is 0 Å². The highest BCUT2D eigenvalue weighted by atomic mass is 79.9. The van der Waals surface area contributed by atoms with E-state index < -0.39 is 0 Å². The minimum absolute atomic E-state index is 0.233. The number of aryl methyl sites for hydroxylation is 1. The van der Waals surface area contributed by atoms with E-state index in [1.165, 1.54) is 0 Å². The van der Waals surface area contributed by atoms with Gasteiger partial charge in [0.15, 0.2) is 0 Å². The van der Waals surface area contributed by atoms with E-state index in [0.29, 0.717) is 0 Å². The molecular formula is C10H16BrN3O. The maximum Gasteiger partial charge on any atom is 0.130 e. The highest BCUT2D eigenvalue weighted by Crippen LogP contribution is 2.11. The van der Waals surface area contributed by atoms with Gasteiger partial charge in [0.05, 0.1) is 6.10 Å². The number of aliphatic hydroxyl groups excluding tert-OH is 1. The van der Waals surface area contributed by atoms with Gasteiger partial charge in [0.1, 0.15) is 16.2 Å². The highest BCUT2D eigenvalue weighted by Gasteiger charge is 2.02. The lowest BCUT2D eigenvalue weighted by atomic mass is 10.2. The molecule has 84 valence electrons. The fourth-order valence-electron chi connectivity index (χ4n) is 1.19. The van der Waals surface area contributed by atoms with Crippen molar-refractivity contribution in [3.05, 3.63) is 16.5 Å². The molecule has 0 amide bonds. The van der Waals surface area contributed by atoms with Crippen LogP contribution in [0.1, 0.15) is 25.6 Å². The summed E-state index contributed by atoms with van der Waals surface area (Å²) in [4.78, 5) is 8.33. The van der Waals surface area contributed by atoms with Crippen molar-refractivity contribution in [3.63, 3.8) is 0 Å². The van der Waals surface area contributed by atoms with E-state index in [1.807, 2.05) is 19.9 Å². The van der Waals surface area contributed by atoms with Crippen molar-refractivity contribution in [1.29, 1.82) is 0 Å². The van der Waals surface area contributed by atoms with Crippen molar-refractivity contribution < 1.29 is 5.11 Å². The predicted molar refractivity (Wildman–Crippen MR) is 63.9 cm³/mol. The van der Waals surface area contributed by atoms with Gasteiger partial charge in [-0.2, -0.15) is 0 Å². The van der Waals surface area contributed by atoms with Crippen molar-refractivity contribution in [1.82, 2.24) is 9.97 Å². The van der Waals surface area contributed by atoms with Crippen molar-refractivity contribution in [2.75, 3.05) is 11.9 Å². The number of anilines is 1. The first kappa shape index (κ1) is 12.4. The minimum Gasteiger partial charge on any atom is -0.393 e. The Morgan fingerprint density at radius 3 is 2.87 bits per heavy atom. The van der Waals surface area contributed by atoms with Crippen LogP contribution in [0.5, 0.6) is 0 Å². The first-order valence-corrected chi connectivity index (χ1v) is 5.84. The maximum absolute atomic E-state index is 9.36. The zero-order chi connectivity index (χ0) is 11.3. The summed E-state index contributed by atoms with van der Waals surface area (Å²) in [7, 11) is 0. The second-order valence-electron chi connectivity index (χ2n) is 3.40. The Labute approximate surface area is 98.3 Å². The van der Waals surface area contributed by atoms with Crippen molar-refractivity contribution in [3.8, 4) is 0 Å². The molecule has 1 aromatic heterocycles. The molecule has 1 aromatic rings. The van der Waals surface area contributed by atoms with Crippen LogP contribution in [-0.2, 0) is 0 Å². The number of halogens is 1. The molecule has 15 heavy (non-hydrogen) atoms. The van der Waals surface area contributed by atoms with Crippen LogP contribution in [0.2, 0.25) is 0 Å². The summed E-state index contributed by atoms with van der Waals surface area (Å²) in [5.74, 6) is 1.51. The van der Waals surface area contributed by atoms with E-state index >= 15 is 0 Å².